The van der Waals surface area contributed by atoms with Gasteiger partial charge in [0, 0.05) is 33.2 Å². The van der Waals surface area contributed by atoms with E-state index in [-0.39, 0.29) is 0 Å². The molecule has 0 unspecified atom stereocenters. The number of likely N-dealkylation sites (tertiary alicyclic amines) is 1. The highest BCUT2D eigenvalue weighted by Crippen LogP contribution is 2.13. The van der Waals surface area contributed by atoms with Crippen molar-refractivity contribution in [3.63, 3.8) is 0 Å². The van der Waals surface area contributed by atoms with Gasteiger partial charge in [0.05, 0.1) is 6.61 Å². The molecule has 1 aromatic carbocycles. The van der Waals surface area contributed by atoms with E-state index in [1.165, 1.54) is 18.4 Å². The summed E-state index contributed by atoms with van der Waals surface area (Å²) in [5.41, 5.74) is 1.24. The summed E-state index contributed by atoms with van der Waals surface area (Å²) in [4.78, 5) is 8.86. The molecule has 0 radical (unpaired) electrons. The Morgan fingerprint density at radius 2 is 1.91 bits per heavy atom. The molecule has 1 aromatic rings. The molecular formula is C18H30N4O. The number of aliphatic imine (C=N–C) groups is 1. The zero-order chi connectivity index (χ0) is 16.5. The molecule has 23 heavy (non-hydrogen) atoms. The van der Waals surface area contributed by atoms with E-state index >= 15 is 0 Å². The second kappa shape index (κ2) is 9.40. The normalized spacial score (nSPS) is 15.3. The number of hydrogen-bond acceptors (Lipinski definition) is 3. The third-order valence-electron chi connectivity index (χ3n) is 4.01. The lowest BCUT2D eigenvalue weighted by Gasteiger charge is -2.20. The summed E-state index contributed by atoms with van der Waals surface area (Å²) in [5.74, 6) is 1.95. The van der Waals surface area contributed by atoms with Crippen molar-refractivity contribution >= 4 is 5.96 Å². The molecule has 128 valence electrons. The average Bonchev–Trinajstić information content (AvgIpc) is 3.08. The Morgan fingerprint density at radius 1 is 1.22 bits per heavy atom. The fourth-order valence-electron chi connectivity index (χ4n) is 2.72. The van der Waals surface area contributed by atoms with Crippen molar-refractivity contribution < 1.29 is 4.74 Å². The van der Waals surface area contributed by atoms with Gasteiger partial charge < -0.3 is 19.9 Å². The Labute approximate surface area is 140 Å². The van der Waals surface area contributed by atoms with Crippen molar-refractivity contribution in [1.29, 1.82) is 0 Å². The fraction of sp³-hybridized carbons (Fsp3) is 0.611. The molecule has 1 aliphatic rings. The van der Waals surface area contributed by atoms with Gasteiger partial charge in [-0.15, -0.1) is 0 Å². The third-order valence-corrected chi connectivity index (χ3v) is 4.01. The van der Waals surface area contributed by atoms with Crippen molar-refractivity contribution in [3.8, 4) is 5.75 Å². The summed E-state index contributed by atoms with van der Waals surface area (Å²) >= 11 is 0. The molecular weight excluding hydrogens is 288 g/mol. The van der Waals surface area contributed by atoms with Crippen LogP contribution in [0.3, 0.4) is 0 Å². The summed E-state index contributed by atoms with van der Waals surface area (Å²) < 4.78 is 5.76. The molecule has 1 heterocycles. The molecule has 5 heteroatoms. The van der Waals surface area contributed by atoms with Gasteiger partial charge in [-0.2, -0.15) is 0 Å². The van der Waals surface area contributed by atoms with E-state index < -0.39 is 0 Å². The molecule has 1 N–H and O–H groups in total. The van der Waals surface area contributed by atoms with E-state index in [2.05, 4.69) is 46.3 Å². The molecule has 0 bridgehead atoms. The standard InChI is InChI=1S/C18H30N4O/c1-19-18(22-12-4-5-13-22)20-15-16-7-9-17(10-8-16)23-14-6-11-21(2)3/h7-10H,4-6,11-15H2,1-3H3,(H,19,20). The van der Waals surface area contributed by atoms with E-state index in [1.54, 1.807) is 0 Å². The predicted molar refractivity (Wildman–Crippen MR) is 96.1 cm³/mol. The Morgan fingerprint density at radius 3 is 2.52 bits per heavy atom. The summed E-state index contributed by atoms with van der Waals surface area (Å²) in [6, 6.07) is 8.33. The maximum atomic E-state index is 5.76. The maximum absolute atomic E-state index is 5.76. The van der Waals surface area contributed by atoms with Crippen molar-refractivity contribution in [2.75, 3.05) is 47.4 Å². The van der Waals surface area contributed by atoms with Gasteiger partial charge in [-0.3, -0.25) is 4.99 Å². The lowest BCUT2D eigenvalue weighted by Crippen LogP contribution is -2.39. The van der Waals surface area contributed by atoms with Crippen LogP contribution >= 0.6 is 0 Å². The minimum atomic E-state index is 0.761. The number of rotatable bonds is 7. The van der Waals surface area contributed by atoms with Crippen LogP contribution < -0.4 is 10.1 Å². The molecule has 2 rings (SSSR count). The molecule has 0 aliphatic carbocycles. The first-order valence-corrected chi connectivity index (χ1v) is 8.51. The van der Waals surface area contributed by atoms with E-state index in [4.69, 9.17) is 4.74 Å². The lowest BCUT2D eigenvalue weighted by atomic mass is 10.2. The third kappa shape index (κ3) is 6.10. The highest BCUT2D eigenvalue weighted by atomic mass is 16.5. The van der Waals surface area contributed by atoms with Gasteiger partial charge in [-0.05, 0) is 51.1 Å². The maximum Gasteiger partial charge on any atom is 0.193 e. The lowest BCUT2D eigenvalue weighted by molar-refractivity contribution is 0.281. The fourth-order valence-corrected chi connectivity index (χ4v) is 2.72. The molecule has 1 fully saturated rings. The Bertz CT molecular complexity index is 478. The topological polar surface area (TPSA) is 40.1 Å². The van der Waals surface area contributed by atoms with Crippen LogP contribution in [0.4, 0.5) is 0 Å². The monoisotopic (exact) mass is 318 g/mol. The zero-order valence-corrected chi connectivity index (χ0v) is 14.7. The van der Waals surface area contributed by atoms with E-state index in [0.717, 1.165) is 50.9 Å². The van der Waals surface area contributed by atoms with Crippen LogP contribution in [0.5, 0.6) is 5.75 Å². The number of benzene rings is 1. The molecule has 0 saturated carbocycles. The first kappa shape index (κ1) is 17.6. The van der Waals surface area contributed by atoms with E-state index in [1.807, 2.05) is 19.2 Å². The van der Waals surface area contributed by atoms with Gasteiger partial charge in [-0.1, -0.05) is 12.1 Å². The van der Waals surface area contributed by atoms with Crippen LogP contribution in [0, 0.1) is 0 Å². The van der Waals surface area contributed by atoms with Gasteiger partial charge >= 0.3 is 0 Å². The van der Waals surface area contributed by atoms with Crippen molar-refractivity contribution in [1.82, 2.24) is 15.1 Å². The van der Waals surface area contributed by atoms with Crippen LogP contribution in [0.1, 0.15) is 24.8 Å². The van der Waals surface area contributed by atoms with Gasteiger partial charge in [0.1, 0.15) is 5.75 Å². The van der Waals surface area contributed by atoms with Gasteiger partial charge in [0.2, 0.25) is 0 Å². The first-order chi connectivity index (χ1) is 11.2. The molecule has 1 saturated heterocycles. The van der Waals surface area contributed by atoms with Gasteiger partial charge in [0.15, 0.2) is 5.96 Å². The number of ether oxygens (including phenoxy) is 1. The molecule has 0 aromatic heterocycles. The molecule has 5 nitrogen and oxygen atoms in total. The number of guanidine groups is 1. The summed E-state index contributed by atoms with van der Waals surface area (Å²) in [6.07, 6.45) is 3.57. The highest BCUT2D eigenvalue weighted by Gasteiger charge is 2.15. The predicted octanol–water partition coefficient (Wildman–Crippen LogP) is 2.19. The van der Waals surface area contributed by atoms with Crippen molar-refractivity contribution in [2.24, 2.45) is 4.99 Å². The quantitative estimate of drug-likeness (QED) is 0.475. The SMILES string of the molecule is CN=C(NCc1ccc(OCCCN(C)C)cc1)N1CCCC1. The molecule has 0 atom stereocenters. The van der Waals surface area contributed by atoms with Gasteiger partial charge in [0.25, 0.3) is 0 Å². The van der Waals surface area contributed by atoms with Crippen LogP contribution in [0.15, 0.2) is 29.3 Å². The average molecular weight is 318 g/mol. The first-order valence-electron chi connectivity index (χ1n) is 8.51. The number of hydrogen-bond donors (Lipinski definition) is 1. The largest absolute Gasteiger partial charge is 0.494 e. The van der Waals surface area contributed by atoms with E-state index in [9.17, 15) is 0 Å². The van der Waals surface area contributed by atoms with Crippen LogP contribution in [-0.4, -0.2) is 63.1 Å². The minimum absolute atomic E-state index is 0.761. The Kier molecular flexibility index (Phi) is 7.20. The molecule has 0 amide bonds. The summed E-state index contributed by atoms with van der Waals surface area (Å²) in [7, 11) is 6.01. The molecule has 0 spiro atoms. The van der Waals surface area contributed by atoms with Crippen LogP contribution in [0.2, 0.25) is 0 Å². The highest BCUT2D eigenvalue weighted by molar-refractivity contribution is 5.80. The minimum Gasteiger partial charge on any atom is -0.494 e. The van der Waals surface area contributed by atoms with Crippen molar-refractivity contribution in [3.05, 3.63) is 29.8 Å². The summed E-state index contributed by atoms with van der Waals surface area (Å²) in [6.45, 7) is 4.83. The van der Waals surface area contributed by atoms with Crippen LogP contribution in [0.25, 0.3) is 0 Å². The second-order valence-corrected chi connectivity index (χ2v) is 6.24. The van der Waals surface area contributed by atoms with Crippen LogP contribution in [-0.2, 0) is 6.54 Å². The summed E-state index contributed by atoms with van der Waals surface area (Å²) in [5, 5.41) is 3.44. The number of nitrogens with zero attached hydrogens (tertiary/aromatic N) is 3. The Balaban J connectivity index is 1.73. The smallest absolute Gasteiger partial charge is 0.193 e. The Hall–Kier alpha value is -1.75. The number of nitrogens with one attached hydrogen (secondary N) is 1. The zero-order valence-electron chi connectivity index (χ0n) is 14.7. The van der Waals surface area contributed by atoms with E-state index in [0.29, 0.717) is 0 Å². The second-order valence-electron chi connectivity index (χ2n) is 6.24. The van der Waals surface area contributed by atoms with Crippen molar-refractivity contribution in [2.45, 2.75) is 25.8 Å². The van der Waals surface area contributed by atoms with Gasteiger partial charge in [-0.25, -0.2) is 0 Å². The molecule has 1 aliphatic heterocycles.